The van der Waals surface area contributed by atoms with Gasteiger partial charge in [-0.1, -0.05) is 12.1 Å². The number of hydrogen-bond acceptors (Lipinski definition) is 3. The Kier molecular flexibility index (Phi) is 5.73. The molecule has 0 aliphatic heterocycles. The first-order chi connectivity index (χ1) is 12.1. The molecule has 10 heteroatoms. The topological polar surface area (TPSA) is 51.2 Å². The summed E-state index contributed by atoms with van der Waals surface area (Å²) >= 11 is 0. The summed E-state index contributed by atoms with van der Waals surface area (Å²) in [5.41, 5.74) is -0.960. The van der Waals surface area contributed by atoms with Gasteiger partial charge in [-0.25, -0.2) is 4.98 Å². The average molecular weight is 378 g/mol. The van der Waals surface area contributed by atoms with Crippen molar-refractivity contribution in [3.63, 3.8) is 0 Å². The highest BCUT2D eigenvalue weighted by atomic mass is 19.4. The summed E-state index contributed by atoms with van der Waals surface area (Å²) in [7, 11) is 0. The maximum Gasteiger partial charge on any atom is 0.422 e. The van der Waals surface area contributed by atoms with E-state index >= 15 is 0 Å². The lowest BCUT2D eigenvalue weighted by molar-refractivity contribution is -0.154. The maximum atomic E-state index is 12.7. The lowest BCUT2D eigenvalue weighted by atomic mass is 10.1. The van der Waals surface area contributed by atoms with Gasteiger partial charge in [-0.15, -0.1) is 0 Å². The third kappa shape index (κ3) is 5.64. The Morgan fingerprint density at radius 1 is 1.08 bits per heavy atom. The van der Waals surface area contributed by atoms with Crippen molar-refractivity contribution in [3.05, 3.63) is 59.3 Å². The molecule has 0 spiro atoms. The molecule has 0 saturated carbocycles. The molecule has 1 heterocycles. The van der Waals surface area contributed by atoms with Crippen LogP contribution in [-0.4, -0.2) is 23.7 Å². The predicted octanol–water partition coefficient (Wildman–Crippen LogP) is 3.97. The molecule has 1 aromatic heterocycles. The first-order valence-corrected chi connectivity index (χ1v) is 7.15. The molecule has 26 heavy (non-hydrogen) atoms. The summed E-state index contributed by atoms with van der Waals surface area (Å²) in [6, 6.07) is 6.83. The fourth-order valence-corrected chi connectivity index (χ4v) is 1.96. The summed E-state index contributed by atoms with van der Waals surface area (Å²) in [5.74, 6) is -1.35. The van der Waals surface area contributed by atoms with E-state index in [-0.39, 0.29) is 17.7 Å². The van der Waals surface area contributed by atoms with Crippen molar-refractivity contribution < 1.29 is 35.9 Å². The number of nitrogens with zero attached hydrogens (tertiary/aromatic N) is 1. The zero-order valence-corrected chi connectivity index (χ0v) is 13.0. The standard InChI is InChI=1S/C16H12F6N2O2/c17-15(18,19)9-26-14-12(5-2-6-23-14)13(25)24-8-10-3-1-4-11(7-10)16(20,21)22/h1-7H,8-9H2,(H,24,25). The number of carbonyl (C=O) groups excluding carboxylic acids is 1. The van der Waals surface area contributed by atoms with E-state index < -0.39 is 36.3 Å². The SMILES string of the molecule is O=C(NCc1cccc(C(F)(F)F)c1)c1cccnc1OCC(F)(F)F. The molecule has 1 amide bonds. The molecule has 0 unspecified atom stereocenters. The number of nitrogens with one attached hydrogen (secondary N) is 1. The van der Waals surface area contributed by atoms with Crippen LogP contribution >= 0.6 is 0 Å². The Hall–Kier alpha value is -2.78. The van der Waals surface area contributed by atoms with Crippen molar-refractivity contribution in [2.24, 2.45) is 0 Å². The van der Waals surface area contributed by atoms with Crippen molar-refractivity contribution in [2.75, 3.05) is 6.61 Å². The van der Waals surface area contributed by atoms with Crippen molar-refractivity contribution >= 4 is 5.91 Å². The molecule has 0 radical (unpaired) electrons. The van der Waals surface area contributed by atoms with Gasteiger partial charge in [0.2, 0.25) is 5.88 Å². The van der Waals surface area contributed by atoms with Crippen LogP contribution in [0.5, 0.6) is 5.88 Å². The van der Waals surface area contributed by atoms with Crippen LogP contribution in [-0.2, 0) is 12.7 Å². The number of ether oxygens (including phenoxy) is 1. The van der Waals surface area contributed by atoms with Crippen LogP contribution in [0.25, 0.3) is 0 Å². The normalized spacial score (nSPS) is 11.9. The summed E-state index contributed by atoms with van der Waals surface area (Å²) in [5, 5.41) is 2.32. The second-order valence-electron chi connectivity index (χ2n) is 5.14. The summed E-state index contributed by atoms with van der Waals surface area (Å²) in [6.45, 7) is -1.88. The Balaban J connectivity index is 2.07. The number of rotatable bonds is 5. The minimum absolute atomic E-state index is 0.176. The average Bonchev–Trinajstić information content (AvgIpc) is 2.57. The van der Waals surface area contributed by atoms with E-state index in [4.69, 9.17) is 0 Å². The van der Waals surface area contributed by atoms with Crippen LogP contribution in [0.1, 0.15) is 21.5 Å². The smallest absolute Gasteiger partial charge is 0.422 e. The van der Waals surface area contributed by atoms with E-state index in [0.717, 1.165) is 18.3 Å². The zero-order valence-electron chi connectivity index (χ0n) is 13.0. The molecular formula is C16H12F6N2O2. The van der Waals surface area contributed by atoms with Gasteiger partial charge in [0.15, 0.2) is 6.61 Å². The lowest BCUT2D eigenvalue weighted by Gasteiger charge is -2.12. The van der Waals surface area contributed by atoms with Gasteiger partial charge in [0.1, 0.15) is 5.56 Å². The second kappa shape index (κ2) is 7.63. The van der Waals surface area contributed by atoms with Gasteiger partial charge >= 0.3 is 12.4 Å². The van der Waals surface area contributed by atoms with Crippen molar-refractivity contribution in [3.8, 4) is 5.88 Å². The molecule has 2 aromatic rings. The quantitative estimate of drug-likeness (QED) is 0.801. The highest BCUT2D eigenvalue weighted by Gasteiger charge is 2.31. The van der Waals surface area contributed by atoms with Gasteiger partial charge in [0.05, 0.1) is 5.56 Å². The third-order valence-electron chi connectivity index (χ3n) is 3.10. The van der Waals surface area contributed by atoms with E-state index in [1.807, 2.05) is 0 Å². The molecule has 1 aromatic carbocycles. The van der Waals surface area contributed by atoms with Crippen molar-refractivity contribution in [1.29, 1.82) is 0 Å². The van der Waals surface area contributed by atoms with Gasteiger partial charge in [0.25, 0.3) is 5.91 Å². The summed E-state index contributed by atoms with van der Waals surface area (Å²) in [6.07, 6.45) is -7.99. The Labute approximate surface area is 143 Å². The largest absolute Gasteiger partial charge is 0.467 e. The number of carbonyl (C=O) groups is 1. The summed E-state index contributed by atoms with van der Waals surface area (Å²) < 4.78 is 79.2. The van der Waals surface area contributed by atoms with E-state index in [9.17, 15) is 31.1 Å². The first-order valence-electron chi connectivity index (χ1n) is 7.15. The second-order valence-corrected chi connectivity index (χ2v) is 5.14. The minimum atomic E-state index is -4.61. The molecular weight excluding hydrogens is 366 g/mol. The van der Waals surface area contributed by atoms with Gasteiger partial charge in [0, 0.05) is 12.7 Å². The molecule has 4 nitrogen and oxygen atoms in total. The molecule has 2 rings (SSSR count). The monoisotopic (exact) mass is 378 g/mol. The number of aromatic nitrogens is 1. The van der Waals surface area contributed by atoms with Gasteiger partial charge < -0.3 is 10.1 Å². The van der Waals surface area contributed by atoms with Crippen LogP contribution in [0.4, 0.5) is 26.3 Å². The third-order valence-corrected chi connectivity index (χ3v) is 3.10. The molecule has 0 aliphatic carbocycles. The van der Waals surface area contributed by atoms with Gasteiger partial charge in [-0.3, -0.25) is 4.79 Å². The molecule has 1 N–H and O–H groups in total. The number of halogens is 6. The number of benzene rings is 1. The number of amides is 1. The highest BCUT2D eigenvalue weighted by molar-refractivity contribution is 5.96. The van der Waals surface area contributed by atoms with E-state index in [1.165, 1.54) is 24.3 Å². The number of alkyl halides is 6. The predicted molar refractivity (Wildman–Crippen MR) is 78.4 cm³/mol. The molecule has 0 atom stereocenters. The van der Waals surface area contributed by atoms with Crippen molar-refractivity contribution in [2.45, 2.75) is 18.9 Å². The van der Waals surface area contributed by atoms with Gasteiger partial charge in [-0.2, -0.15) is 26.3 Å². The van der Waals surface area contributed by atoms with Crippen LogP contribution in [0.3, 0.4) is 0 Å². The van der Waals surface area contributed by atoms with E-state index in [2.05, 4.69) is 15.0 Å². The Bertz CT molecular complexity index is 774. The fraction of sp³-hybridized carbons (Fsp3) is 0.250. The Morgan fingerprint density at radius 3 is 2.46 bits per heavy atom. The number of hydrogen-bond donors (Lipinski definition) is 1. The van der Waals surface area contributed by atoms with Crippen molar-refractivity contribution in [1.82, 2.24) is 10.3 Å². The minimum Gasteiger partial charge on any atom is -0.467 e. The first kappa shape index (κ1) is 19.5. The molecule has 140 valence electrons. The van der Waals surface area contributed by atoms with E-state index in [1.54, 1.807) is 0 Å². The van der Waals surface area contributed by atoms with Crippen LogP contribution < -0.4 is 10.1 Å². The molecule has 0 aliphatic rings. The van der Waals surface area contributed by atoms with Crippen LogP contribution in [0.15, 0.2) is 42.6 Å². The highest BCUT2D eigenvalue weighted by Crippen LogP contribution is 2.29. The zero-order chi connectivity index (χ0) is 19.4. The van der Waals surface area contributed by atoms with Gasteiger partial charge in [-0.05, 0) is 29.8 Å². The van der Waals surface area contributed by atoms with Crippen LogP contribution in [0.2, 0.25) is 0 Å². The summed E-state index contributed by atoms with van der Waals surface area (Å²) in [4.78, 5) is 15.7. The number of pyridine rings is 1. The molecule has 0 fully saturated rings. The Morgan fingerprint density at radius 2 is 1.81 bits per heavy atom. The molecule has 0 saturated heterocycles. The fourth-order valence-electron chi connectivity index (χ4n) is 1.96. The molecule has 0 bridgehead atoms. The van der Waals surface area contributed by atoms with Crippen LogP contribution in [0, 0.1) is 0 Å². The lowest BCUT2D eigenvalue weighted by Crippen LogP contribution is -2.25. The van der Waals surface area contributed by atoms with E-state index in [0.29, 0.717) is 0 Å². The maximum absolute atomic E-state index is 12.7.